The quantitative estimate of drug-likeness (QED) is 0.309. The summed E-state index contributed by atoms with van der Waals surface area (Å²) in [5, 5.41) is 3.78. The topological polar surface area (TPSA) is 46.5 Å². The Labute approximate surface area is 218 Å². The molecule has 1 aliphatic heterocycles. The number of amides is 2. The van der Waals surface area contributed by atoms with Crippen molar-refractivity contribution in [3.63, 3.8) is 0 Å². The minimum Gasteiger partial charge on any atom is -0.494 e. The predicted molar refractivity (Wildman–Crippen MR) is 141 cm³/mol. The van der Waals surface area contributed by atoms with Gasteiger partial charge in [0.15, 0.2) is 0 Å². The summed E-state index contributed by atoms with van der Waals surface area (Å²) >= 11 is 1.80. The summed E-state index contributed by atoms with van der Waals surface area (Å²) in [6.45, 7) is 2.86. The normalized spacial score (nSPS) is 16.4. The number of aromatic nitrogens is 1. The van der Waals surface area contributed by atoms with Crippen LogP contribution >= 0.6 is 11.3 Å². The molecule has 37 heavy (non-hydrogen) atoms. The molecule has 8 heteroatoms. The summed E-state index contributed by atoms with van der Waals surface area (Å²) in [7, 11) is 0. The van der Waals surface area contributed by atoms with Crippen molar-refractivity contribution in [3.8, 4) is 10.8 Å². The lowest BCUT2D eigenvalue weighted by atomic mass is 9.95. The number of nitrogens with zero attached hydrogens (tertiary/aromatic N) is 2. The van der Waals surface area contributed by atoms with E-state index < -0.39 is 23.7 Å². The summed E-state index contributed by atoms with van der Waals surface area (Å²) < 4.78 is 36.2. The maximum absolute atomic E-state index is 14.5. The Hall–Kier alpha value is -3.65. The zero-order valence-electron chi connectivity index (χ0n) is 20.5. The molecule has 2 amide bonds. The van der Waals surface area contributed by atoms with Gasteiger partial charge < -0.3 is 19.5 Å². The van der Waals surface area contributed by atoms with Crippen LogP contribution in [0.4, 0.5) is 19.3 Å². The third-order valence-electron chi connectivity index (χ3n) is 7.12. The molecule has 3 heterocycles. The molecular formula is C29H27F2N3O2S. The molecule has 0 bridgehead atoms. The molecule has 2 aliphatic rings. The third kappa shape index (κ3) is 4.29. The predicted octanol–water partition coefficient (Wildman–Crippen LogP) is 7.23. The van der Waals surface area contributed by atoms with Crippen LogP contribution < -0.4 is 10.1 Å². The van der Waals surface area contributed by atoms with Gasteiger partial charge in [-0.15, -0.1) is 11.3 Å². The molecule has 1 aliphatic carbocycles. The van der Waals surface area contributed by atoms with Crippen molar-refractivity contribution in [3.05, 3.63) is 99.7 Å². The zero-order valence-corrected chi connectivity index (χ0v) is 21.3. The Morgan fingerprint density at radius 3 is 2.70 bits per heavy atom. The third-order valence-corrected chi connectivity index (χ3v) is 8.45. The van der Waals surface area contributed by atoms with Gasteiger partial charge >= 0.3 is 6.03 Å². The second kappa shape index (κ2) is 9.67. The van der Waals surface area contributed by atoms with Crippen LogP contribution in [0.2, 0.25) is 0 Å². The maximum atomic E-state index is 14.5. The van der Waals surface area contributed by atoms with Crippen molar-refractivity contribution >= 4 is 23.1 Å². The Morgan fingerprint density at radius 1 is 1.08 bits per heavy atom. The molecular weight excluding hydrogens is 492 g/mol. The van der Waals surface area contributed by atoms with Crippen molar-refractivity contribution in [2.75, 3.05) is 11.9 Å². The largest absolute Gasteiger partial charge is 0.494 e. The van der Waals surface area contributed by atoms with Gasteiger partial charge in [-0.1, -0.05) is 12.1 Å². The minimum absolute atomic E-state index is 0.178. The summed E-state index contributed by atoms with van der Waals surface area (Å²) in [5.41, 5.74) is 4.13. The smallest absolute Gasteiger partial charge is 0.323 e. The van der Waals surface area contributed by atoms with Gasteiger partial charge in [-0.25, -0.2) is 13.6 Å². The zero-order chi connectivity index (χ0) is 25.5. The van der Waals surface area contributed by atoms with E-state index in [1.807, 2.05) is 49.5 Å². The van der Waals surface area contributed by atoms with Crippen LogP contribution in [-0.2, 0) is 19.4 Å². The number of anilines is 1. The number of rotatable bonds is 4. The fourth-order valence-corrected chi connectivity index (χ4v) is 6.83. The second-order valence-electron chi connectivity index (χ2n) is 9.38. The standard InChI is InChI=1S/C29H27F2N3O2S/c1-2-36-20-12-9-18(10-13-20)27-25-7-5-15-33(25)28-22(21-6-3-4-8-26(21)37-28)17-34(27)29(35)32-24-16-19(30)11-14-23(24)31/h5,7,9-16,27H,2-4,6,8,17H2,1H3,(H,32,35). The number of hydrogen-bond donors (Lipinski definition) is 1. The van der Waals surface area contributed by atoms with E-state index in [0.29, 0.717) is 13.2 Å². The average molecular weight is 520 g/mol. The molecule has 6 rings (SSSR count). The maximum Gasteiger partial charge on any atom is 0.323 e. The van der Waals surface area contributed by atoms with Gasteiger partial charge in [0.2, 0.25) is 0 Å². The van der Waals surface area contributed by atoms with Crippen molar-refractivity contribution in [1.82, 2.24) is 9.47 Å². The number of thiophene rings is 1. The minimum atomic E-state index is -0.681. The van der Waals surface area contributed by atoms with Gasteiger partial charge in [0.25, 0.3) is 0 Å². The lowest BCUT2D eigenvalue weighted by Crippen LogP contribution is -2.38. The number of urea groups is 1. The molecule has 5 nitrogen and oxygen atoms in total. The van der Waals surface area contributed by atoms with Crippen molar-refractivity contribution in [2.24, 2.45) is 0 Å². The molecule has 1 N–H and O–H groups in total. The lowest BCUT2D eigenvalue weighted by Gasteiger charge is -2.31. The van der Waals surface area contributed by atoms with Crippen molar-refractivity contribution in [1.29, 1.82) is 0 Å². The Balaban J connectivity index is 1.48. The number of benzene rings is 2. The van der Waals surface area contributed by atoms with E-state index in [1.54, 1.807) is 16.2 Å². The molecule has 190 valence electrons. The molecule has 0 spiro atoms. The second-order valence-corrected chi connectivity index (χ2v) is 10.5. The summed E-state index contributed by atoms with van der Waals surface area (Å²) in [4.78, 5) is 17.0. The first kappa shape index (κ1) is 23.7. The fraction of sp³-hybridized carbons (Fsp3) is 0.276. The van der Waals surface area contributed by atoms with E-state index >= 15 is 0 Å². The van der Waals surface area contributed by atoms with Gasteiger partial charge in [-0.05, 0) is 80.1 Å². The molecule has 0 saturated carbocycles. The first-order valence-corrected chi connectivity index (χ1v) is 13.4. The van der Waals surface area contributed by atoms with Crippen LogP contribution in [0.15, 0.2) is 60.8 Å². The van der Waals surface area contributed by atoms with Gasteiger partial charge in [-0.2, -0.15) is 0 Å². The molecule has 2 aromatic carbocycles. The van der Waals surface area contributed by atoms with Crippen LogP contribution in [0.1, 0.15) is 53.1 Å². The van der Waals surface area contributed by atoms with Gasteiger partial charge in [0.1, 0.15) is 22.4 Å². The molecule has 1 atom stereocenters. The van der Waals surface area contributed by atoms with Crippen LogP contribution in [0.5, 0.6) is 5.75 Å². The summed E-state index contributed by atoms with van der Waals surface area (Å²) in [6.07, 6.45) is 6.37. The van der Waals surface area contributed by atoms with Crippen LogP contribution in [0.3, 0.4) is 0 Å². The van der Waals surface area contributed by atoms with Crippen molar-refractivity contribution in [2.45, 2.75) is 45.2 Å². The van der Waals surface area contributed by atoms with Crippen LogP contribution in [0.25, 0.3) is 5.00 Å². The lowest BCUT2D eigenvalue weighted by molar-refractivity contribution is 0.194. The van der Waals surface area contributed by atoms with E-state index in [9.17, 15) is 13.6 Å². The molecule has 0 saturated heterocycles. The average Bonchev–Trinajstić information content (AvgIpc) is 3.49. The number of carbonyl (C=O) groups is 1. The fourth-order valence-electron chi connectivity index (χ4n) is 5.43. The highest BCUT2D eigenvalue weighted by atomic mass is 32.1. The number of fused-ring (bicyclic) bond motifs is 5. The number of halogens is 2. The molecule has 0 fully saturated rings. The van der Waals surface area contributed by atoms with E-state index in [1.165, 1.54) is 16.9 Å². The Morgan fingerprint density at radius 2 is 1.89 bits per heavy atom. The van der Waals surface area contributed by atoms with Gasteiger partial charge in [0.05, 0.1) is 30.6 Å². The number of carbonyl (C=O) groups excluding carboxylic acids is 1. The van der Waals surface area contributed by atoms with E-state index in [4.69, 9.17) is 4.74 Å². The number of aryl methyl sites for hydroxylation is 1. The number of hydrogen-bond acceptors (Lipinski definition) is 3. The van der Waals surface area contributed by atoms with Gasteiger partial charge in [-0.3, -0.25) is 0 Å². The Kier molecular flexibility index (Phi) is 6.20. The molecule has 1 unspecified atom stereocenters. The van der Waals surface area contributed by atoms with Crippen LogP contribution in [-0.4, -0.2) is 22.1 Å². The Bertz CT molecular complexity index is 1460. The number of nitrogens with one attached hydrogen (secondary N) is 1. The molecule has 2 aromatic heterocycles. The molecule has 4 aromatic rings. The highest BCUT2D eigenvalue weighted by molar-refractivity contribution is 7.15. The monoisotopic (exact) mass is 519 g/mol. The van der Waals surface area contributed by atoms with E-state index in [-0.39, 0.29) is 5.69 Å². The van der Waals surface area contributed by atoms with E-state index in [0.717, 1.165) is 65.0 Å². The van der Waals surface area contributed by atoms with Crippen LogP contribution in [0, 0.1) is 11.6 Å². The highest BCUT2D eigenvalue weighted by Gasteiger charge is 2.36. The first-order valence-electron chi connectivity index (χ1n) is 12.6. The SMILES string of the molecule is CCOc1ccc(C2c3cccn3-c3sc4c(c3CN2C(=O)Nc2cc(F)ccc2F)CCCC4)cc1. The summed E-state index contributed by atoms with van der Waals surface area (Å²) in [5.74, 6) is -0.542. The highest BCUT2D eigenvalue weighted by Crippen LogP contribution is 2.44. The van der Waals surface area contributed by atoms with E-state index in [2.05, 4.69) is 9.88 Å². The molecule has 0 radical (unpaired) electrons. The summed E-state index contributed by atoms with van der Waals surface area (Å²) in [6, 6.07) is 13.9. The van der Waals surface area contributed by atoms with Gasteiger partial charge in [0, 0.05) is 22.7 Å². The van der Waals surface area contributed by atoms with Crippen molar-refractivity contribution < 1.29 is 18.3 Å². The number of ether oxygens (including phenoxy) is 1. The first-order chi connectivity index (χ1) is 18.0.